The molecule has 0 saturated carbocycles. The third-order valence-electron chi connectivity index (χ3n) is 1.57. The number of nitro groups is 1. The molecule has 0 aliphatic heterocycles. The number of rotatable bonds is 3. The van der Waals surface area contributed by atoms with Gasteiger partial charge in [0, 0.05) is 12.1 Å². The Bertz CT molecular complexity index is 558. The van der Waals surface area contributed by atoms with E-state index in [0.717, 1.165) is 0 Å². The molecule has 0 unspecified atom stereocenters. The smallest absolute Gasteiger partial charge is 0.370 e. The zero-order chi connectivity index (χ0) is 15.1. The Hall–Kier alpha value is -2.24. The van der Waals surface area contributed by atoms with Crippen molar-refractivity contribution in [2.24, 2.45) is 16.5 Å². The Morgan fingerprint density at radius 2 is 1.89 bits per heavy atom. The molecule has 0 aliphatic carbocycles. The summed E-state index contributed by atoms with van der Waals surface area (Å²) in [5, 5.41) is 10.4. The number of aliphatic imine (C=N–C) groups is 1. The van der Waals surface area contributed by atoms with Crippen LogP contribution in [-0.2, 0) is 16.9 Å². The highest BCUT2D eigenvalue weighted by molar-refractivity contribution is 7.79. The number of hydrogen-bond donors (Lipinski definition) is 4. The monoisotopic (exact) mass is 292 g/mol. The third-order valence-corrected chi connectivity index (χ3v) is 1.57. The maximum absolute atomic E-state index is 10.4. The Morgan fingerprint density at radius 3 is 2.32 bits per heavy atom. The van der Waals surface area contributed by atoms with E-state index in [2.05, 4.69) is 4.99 Å². The van der Waals surface area contributed by atoms with Gasteiger partial charge < -0.3 is 11.5 Å². The van der Waals surface area contributed by atoms with Crippen molar-refractivity contribution in [3.63, 3.8) is 0 Å². The predicted molar refractivity (Wildman–Crippen MR) is 66.8 cm³/mol. The minimum Gasteiger partial charge on any atom is -0.370 e. The highest BCUT2D eigenvalue weighted by Crippen LogP contribution is 2.13. The summed E-state index contributed by atoms with van der Waals surface area (Å²) in [5.74, 6) is -0.0310. The maximum Gasteiger partial charge on any atom is 0.394 e. The first kappa shape index (κ1) is 16.8. The minimum atomic E-state index is -4.67. The molecule has 10 nitrogen and oxygen atoms in total. The summed E-state index contributed by atoms with van der Waals surface area (Å²) in [6, 6.07) is 6.17. The van der Waals surface area contributed by atoms with Crippen molar-refractivity contribution in [1.82, 2.24) is 0 Å². The van der Waals surface area contributed by atoms with Gasteiger partial charge in [0.05, 0.1) is 11.5 Å². The van der Waals surface area contributed by atoms with Gasteiger partial charge in [-0.05, 0) is 5.56 Å². The Kier molecular flexibility index (Phi) is 6.40. The van der Waals surface area contributed by atoms with Crippen molar-refractivity contribution in [3.05, 3.63) is 39.9 Å². The molecule has 19 heavy (non-hydrogen) atoms. The van der Waals surface area contributed by atoms with Gasteiger partial charge in [0.1, 0.15) is 0 Å². The average Bonchev–Trinajstić information content (AvgIpc) is 2.24. The molecule has 1 aromatic rings. The van der Waals surface area contributed by atoms with Gasteiger partial charge in [0.2, 0.25) is 0 Å². The molecule has 1 aromatic carbocycles. The van der Waals surface area contributed by atoms with Crippen molar-refractivity contribution in [2.45, 2.75) is 6.54 Å². The molecule has 11 heteroatoms. The molecular formula is C8H12N4O6S. The van der Waals surface area contributed by atoms with Crippen LogP contribution in [0.5, 0.6) is 0 Å². The van der Waals surface area contributed by atoms with Crippen LogP contribution in [0, 0.1) is 10.1 Å². The van der Waals surface area contributed by atoms with E-state index in [4.69, 9.17) is 29.0 Å². The number of nitrogens with two attached hydrogens (primary N) is 2. The number of hydrogen-bond acceptors (Lipinski definition) is 5. The summed E-state index contributed by atoms with van der Waals surface area (Å²) < 4.78 is 31.6. The normalized spacial score (nSPS) is 10.0. The summed E-state index contributed by atoms with van der Waals surface area (Å²) in [6.45, 7) is 0.254. The lowest BCUT2D eigenvalue weighted by Crippen LogP contribution is -2.22. The van der Waals surface area contributed by atoms with Crippen molar-refractivity contribution in [3.8, 4) is 0 Å². The Morgan fingerprint density at radius 1 is 1.37 bits per heavy atom. The number of benzene rings is 1. The van der Waals surface area contributed by atoms with E-state index in [-0.39, 0.29) is 18.2 Å². The molecule has 0 radical (unpaired) electrons. The van der Waals surface area contributed by atoms with Crippen LogP contribution in [0.2, 0.25) is 0 Å². The van der Waals surface area contributed by atoms with Crippen LogP contribution in [0.4, 0.5) is 5.69 Å². The van der Waals surface area contributed by atoms with Gasteiger partial charge in [-0.1, -0.05) is 12.1 Å². The van der Waals surface area contributed by atoms with E-state index in [1.54, 1.807) is 12.1 Å². The number of guanidine groups is 1. The highest BCUT2D eigenvalue weighted by Gasteiger charge is 2.04. The quantitative estimate of drug-likeness (QED) is 0.192. The van der Waals surface area contributed by atoms with E-state index in [1.807, 2.05) is 0 Å². The molecule has 6 N–H and O–H groups in total. The first-order valence-corrected chi connectivity index (χ1v) is 5.98. The van der Waals surface area contributed by atoms with Crippen LogP contribution in [0.15, 0.2) is 29.3 Å². The fourth-order valence-electron chi connectivity index (χ4n) is 0.951. The minimum absolute atomic E-state index is 0.0310. The second kappa shape index (κ2) is 7.25. The van der Waals surface area contributed by atoms with Crippen LogP contribution < -0.4 is 11.5 Å². The summed E-state index contributed by atoms with van der Waals surface area (Å²) in [6.07, 6.45) is 0. The van der Waals surface area contributed by atoms with Crippen LogP contribution in [0.1, 0.15) is 5.56 Å². The van der Waals surface area contributed by atoms with Crippen LogP contribution >= 0.6 is 0 Å². The van der Waals surface area contributed by atoms with Gasteiger partial charge in [-0.15, -0.1) is 0 Å². The standard InChI is InChI=1S/C8H10N4O2.H2O4S/c9-8(10)11-5-6-2-1-3-7(4-6)12(13)14;1-5(2,3)4/h1-4H,5H2,(H4,9,10,11);(H2,1,2,3,4). The lowest BCUT2D eigenvalue weighted by molar-refractivity contribution is -0.384. The fourth-order valence-corrected chi connectivity index (χ4v) is 0.951. The summed E-state index contributed by atoms with van der Waals surface area (Å²) in [4.78, 5) is 13.7. The molecule has 1 rings (SSSR count). The third kappa shape index (κ3) is 10.6. The lowest BCUT2D eigenvalue weighted by Gasteiger charge is -1.96. The van der Waals surface area contributed by atoms with Crippen molar-refractivity contribution in [2.75, 3.05) is 0 Å². The molecule has 0 atom stereocenters. The van der Waals surface area contributed by atoms with Gasteiger partial charge in [-0.25, -0.2) is 4.99 Å². The molecular weight excluding hydrogens is 280 g/mol. The highest BCUT2D eigenvalue weighted by atomic mass is 32.3. The van der Waals surface area contributed by atoms with E-state index < -0.39 is 15.3 Å². The van der Waals surface area contributed by atoms with Crippen LogP contribution in [0.25, 0.3) is 0 Å². The maximum atomic E-state index is 10.4. The van der Waals surface area contributed by atoms with E-state index in [9.17, 15) is 10.1 Å². The van der Waals surface area contributed by atoms with Gasteiger partial charge >= 0.3 is 10.4 Å². The molecule has 0 spiro atoms. The molecule has 0 saturated heterocycles. The van der Waals surface area contributed by atoms with Crippen molar-refractivity contribution in [1.29, 1.82) is 0 Å². The van der Waals surface area contributed by atoms with Crippen LogP contribution in [0.3, 0.4) is 0 Å². The van der Waals surface area contributed by atoms with Crippen molar-refractivity contribution >= 4 is 22.0 Å². The largest absolute Gasteiger partial charge is 0.394 e. The molecule has 0 heterocycles. The number of nitro benzene ring substituents is 1. The SMILES string of the molecule is NC(N)=NCc1cccc([N+](=O)[O-])c1.O=S(=O)(O)O. The zero-order valence-electron chi connectivity index (χ0n) is 9.50. The van der Waals surface area contributed by atoms with Crippen molar-refractivity contribution < 1.29 is 22.4 Å². The molecule has 0 bridgehead atoms. The van der Waals surface area contributed by atoms with Gasteiger partial charge in [0.25, 0.3) is 5.69 Å². The van der Waals surface area contributed by atoms with Gasteiger partial charge in [-0.3, -0.25) is 19.2 Å². The Balaban J connectivity index is 0.000000555. The van der Waals surface area contributed by atoms with Gasteiger partial charge in [0.15, 0.2) is 5.96 Å². The number of non-ortho nitro benzene ring substituents is 1. The molecule has 0 amide bonds. The molecule has 106 valence electrons. The van der Waals surface area contributed by atoms with E-state index in [0.29, 0.717) is 5.56 Å². The first-order chi connectivity index (χ1) is 8.59. The Labute approximate surface area is 108 Å². The topological polar surface area (TPSA) is 182 Å². The van der Waals surface area contributed by atoms with E-state index >= 15 is 0 Å². The van der Waals surface area contributed by atoms with E-state index in [1.165, 1.54) is 12.1 Å². The van der Waals surface area contributed by atoms with Crippen LogP contribution in [-0.4, -0.2) is 28.4 Å². The fraction of sp³-hybridized carbons (Fsp3) is 0.125. The zero-order valence-corrected chi connectivity index (χ0v) is 10.3. The second-order valence-electron chi connectivity index (χ2n) is 3.12. The summed E-state index contributed by atoms with van der Waals surface area (Å²) >= 11 is 0. The lowest BCUT2D eigenvalue weighted by atomic mass is 10.2. The average molecular weight is 292 g/mol. The summed E-state index contributed by atoms with van der Waals surface area (Å²) in [5.41, 5.74) is 11.0. The predicted octanol–water partition coefficient (Wildman–Crippen LogP) is -0.285. The summed E-state index contributed by atoms with van der Waals surface area (Å²) in [7, 11) is -4.67. The first-order valence-electron chi connectivity index (χ1n) is 4.58. The van der Waals surface area contributed by atoms with Gasteiger partial charge in [-0.2, -0.15) is 8.42 Å². The molecule has 0 aromatic heterocycles. The second-order valence-corrected chi connectivity index (χ2v) is 4.01. The number of nitrogens with zero attached hydrogens (tertiary/aromatic N) is 2. The molecule has 0 aliphatic rings. The molecule has 0 fully saturated rings.